The van der Waals surface area contributed by atoms with Crippen molar-refractivity contribution < 1.29 is 0 Å². The number of anilines is 3. The molecule has 1 aliphatic heterocycles. The molecular weight excluding hydrogens is 238 g/mol. The molecule has 0 atom stereocenters. The molecule has 1 fully saturated rings. The largest absolute Gasteiger partial charge is 0.368 e. The van der Waals surface area contributed by atoms with E-state index in [2.05, 4.69) is 30.0 Å². The van der Waals surface area contributed by atoms with E-state index in [-0.39, 0.29) is 0 Å². The second-order valence-electron chi connectivity index (χ2n) is 3.81. The van der Waals surface area contributed by atoms with Crippen LogP contribution in [-0.4, -0.2) is 46.3 Å². The summed E-state index contributed by atoms with van der Waals surface area (Å²) in [6, 6.07) is 0. The summed E-state index contributed by atoms with van der Waals surface area (Å²) in [4.78, 5) is 12.8. The van der Waals surface area contributed by atoms with Gasteiger partial charge in [0, 0.05) is 37.8 Å². The van der Waals surface area contributed by atoms with Crippen molar-refractivity contribution in [3.8, 4) is 0 Å². The summed E-state index contributed by atoms with van der Waals surface area (Å²) in [7, 11) is 0. The van der Waals surface area contributed by atoms with E-state index >= 15 is 0 Å². The Hall–Kier alpha value is -1.83. The average Bonchev–Trinajstić information content (AvgIpc) is 3.00. The van der Waals surface area contributed by atoms with Crippen LogP contribution in [0.25, 0.3) is 0 Å². The van der Waals surface area contributed by atoms with Crippen LogP contribution in [0, 0.1) is 0 Å². The molecule has 0 bridgehead atoms. The van der Waals surface area contributed by atoms with Gasteiger partial charge in [0.2, 0.25) is 11.9 Å². The van der Waals surface area contributed by atoms with Crippen molar-refractivity contribution >= 4 is 28.4 Å². The van der Waals surface area contributed by atoms with Crippen LogP contribution >= 0.6 is 11.3 Å². The number of aromatic amines is 1. The van der Waals surface area contributed by atoms with Crippen molar-refractivity contribution in [2.75, 3.05) is 41.7 Å². The fourth-order valence-corrected chi connectivity index (χ4v) is 2.57. The van der Waals surface area contributed by atoms with E-state index in [0.717, 1.165) is 31.3 Å². The fraction of sp³-hybridized carbons (Fsp3) is 0.444. The molecule has 3 N–H and O–H groups in total. The van der Waals surface area contributed by atoms with Crippen molar-refractivity contribution in [3.05, 3.63) is 11.6 Å². The molecule has 1 aliphatic rings. The molecule has 7 nitrogen and oxygen atoms in total. The zero-order valence-electron chi connectivity index (χ0n) is 9.20. The van der Waals surface area contributed by atoms with Gasteiger partial charge < -0.3 is 15.5 Å². The molecule has 0 unspecified atom stereocenters. The van der Waals surface area contributed by atoms with E-state index in [9.17, 15) is 0 Å². The van der Waals surface area contributed by atoms with Crippen LogP contribution in [0.15, 0.2) is 11.6 Å². The van der Waals surface area contributed by atoms with E-state index in [1.165, 1.54) is 0 Å². The molecule has 0 saturated carbocycles. The van der Waals surface area contributed by atoms with Gasteiger partial charge in [-0.15, -0.1) is 16.4 Å². The molecule has 2 aromatic heterocycles. The van der Waals surface area contributed by atoms with Gasteiger partial charge in [-0.2, -0.15) is 4.98 Å². The summed E-state index contributed by atoms with van der Waals surface area (Å²) in [5.41, 5.74) is 5.52. The molecule has 8 heteroatoms. The first kappa shape index (κ1) is 10.3. The summed E-state index contributed by atoms with van der Waals surface area (Å²) in [6.45, 7) is 3.64. The molecule has 3 heterocycles. The van der Waals surface area contributed by atoms with Gasteiger partial charge >= 0.3 is 0 Å². The minimum atomic E-state index is 0.363. The van der Waals surface area contributed by atoms with Gasteiger partial charge in [0.05, 0.1) is 0 Å². The molecular formula is C9H13N7S. The lowest BCUT2D eigenvalue weighted by Crippen LogP contribution is -2.46. The topological polar surface area (TPSA) is 87.0 Å². The molecule has 2 aromatic rings. The van der Waals surface area contributed by atoms with Crippen LogP contribution in [0.4, 0.5) is 17.0 Å². The summed E-state index contributed by atoms with van der Waals surface area (Å²) in [6.07, 6.45) is 1.84. The van der Waals surface area contributed by atoms with Crippen molar-refractivity contribution in [1.82, 2.24) is 20.2 Å². The Kier molecular flexibility index (Phi) is 2.56. The van der Waals surface area contributed by atoms with Gasteiger partial charge in [-0.3, -0.25) is 0 Å². The third-order valence-electron chi connectivity index (χ3n) is 2.74. The maximum atomic E-state index is 5.52. The summed E-state index contributed by atoms with van der Waals surface area (Å²) in [5.74, 6) is 1.05. The normalized spacial score (nSPS) is 16.5. The molecule has 0 aliphatic carbocycles. The molecule has 90 valence electrons. The standard InChI is InChI=1S/C9H13N7S/c10-7-12-8(14-13-7)15-2-4-16(5-3-15)9-11-1-6-17-9/h1,6H,2-5H2,(H3,10,12,13,14). The average molecular weight is 251 g/mol. The third-order valence-corrected chi connectivity index (χ3v) is 3.58. The monoisotopic (exact) mass is 251 g/mol. The van der Waals surface area contributed by atoms with Gasteiger partial charge in [-0.25, -0.2) is 10.1 Å². The maximum absolute atomic E-state index is 5.52. The van der Waals surface area contributed by atoms with Crippen molar-refractivity contribution in [2.45, 2.75) is 0 Å². The minimum absolute atomic E-state index is 0.363. The molecule has 1 saturated heterocycles. The summed E-state index contributed by atoms with van der Waals surface area (Å²) < 4.78 is 0. The molecule has 0 radical (unpaired) electrons. The Morgan fingerprint density at radius 3 is 2.59 bits per heavy atom. The summed E-state index contributed by atoms with van der Waals surface area (Å²) >= 11 is 1.67. The van der Waals surface area contributed by atoms with Crippen LogP contribution in [0.3, 0.4) is 0 Å². The van der Waals surface area contributed by atoms with Gasteiger partial charge in [-0.1, -0.05) is 0 Å². The number of hydrogen-bond donors (Lipinski definition) is 2. The van der Waals surface area contributed by atoms with E-state index < -0.39 is 0 Å². The molecule has 17 heavy (non-hydrogen) atoms. The number of aromatic nitrogens is 4. The Morgan fingerprint density at radius 1 is 1.24 bits per heavy atom. The Bertz CT molecular complexity index is 471. The van der Waals surface area contributed by atoms with E-state index in [4.69, 9.17) is 5.73 Å². The highest BCUT2D eigenvalue weighted by atomic mass is 32.1. The van der Waals surface area contributed by atoms with Crippen LogP contribution < -0.4 is 15.5 Å². The number of nitrogens with one attached hydrogen (secondary N) is 1. The highest BCUT2D eigenvalue weighted by molar-refractivity contribution is 7.13. The lowest BCUT2D eigenvalue weighted by molar-refractivity contribution is 0.640. The molecule has 3 rings (SSSR count). The smallest absolute Gasteiger partial charge is 0.246 e. The Morgan fingerprint density at radius 2 is 2.00 bits per heavy atom. The Labute approximate surface area is 102 Å². The van der Waals surface area contributed by atoms with Crippen LogP contribution in [0.5, 0.6) is 0 Å². The van der Waals surface area contributed by atoms with Crippen molar-refractivity contribution in [3.63, 3.8) is 0 Å². The third kappa shape index (κ3) is 2.03. The van der Waals surface area contributed by atoms with Crippen LogP contribution in [-0.2, 0) is 0 Å². The van der Waals surface area contributed by atoms with E-state index in [1.54, 1.807) is 11.3 Å². The number of rotatable bonds is 2. The van der Waals surface area contributed by atoms with Gasteiger partial charge in [-0.05, 0) is 0 Å². The first-order chi connectivity index (χ1) is 8.33. The van der Waals surface area contributed by atoms with E-state index in [1.807, 2.05) is 11.6 Å². The second-order valence-corrected chi connectivity index (χ2v) is 4.68. The number of hydrogen-bond acceptors (Lipinski definition) is 7. The number of thiazole rings is 1. The van der Waals surface area contributed by atoms with Crippen LogP contribution in [0.2, 0.25) is 0 Å². The Balaban J connectivity index is 1.64. The van der Waals surface area contributed by atoms with Crippen molar-refractivity contribution in [1.29, 1.82) is 0 Å². The number of H-pyrrole nitrogens is 1. The first-order valence-corrected chi connectivity index (χ1v) is 6.28. The number of nitrogens with two attached hydrogens (primary N) is 1. The van der Waals surface area contributed by atoms with Crippen LogP contribution in [0.1, 0.15) is 0 Å². The van der Waals surface area contributed by atoms with Gasteiger partial charge in [0.25, 0.3) is 0 Å². The number of nitrogen functional groups attached to an aromatic ring is 1. The fourth-order valence-electron chi connectivity index (χ4n) is 1.88. The predicted molar refractivity (Wildman–Crippen MR) is 67.3 cm³/mol. The van der Waals surface area contributed by atoms with Crippen molar-refractivity contribution in [2.24, 2.45) is 0 Å². The maximum Gasteiger partial charge on any atom is 0.246 e. The van der Waals surface area contributed by atoms with Gasteiger partial charge in [0.1, 0.15) is 0 Å². The summed E-state index contributed by atoms with van der Waals surface area (Å²) in [5, 5.41) is 9.80. The lowest BCUT2D eigenvalue weighted by Gasteiger charge is -2.33. The zero-order valence-corrected chi connectivity index (χ0v) is 10.0. The number of piperazine rings is 1. The highest BCUT2D eigenvalue weighted by Crippen LogP contribution is 2.20. The SMILES string of the molecule is Nc1nc(N2CCN(c3nccs3)CC2)n[nH]1. The second kappa shape index (κ2) is 4.21. The quantitative estimate of drug-likeness (QED) is 0.791. The predicted octanol–water partition coefficient (Wildman–Crippen LogP) is 0.170. The molecule has 0 spiro atoms. The van der Waals surface area contributed by atoms with Gasteiger partial charge in [0.15, 0.2) is 5.13 Å². The first-order valence-electron chi connectivity index (χ1n) is 5.40. The molecule has 0 amide bonds. The lowest BCUT2D eigenvalue weighted by atomic mass is 10.3. The van der Waals surface area contributed by atoms with E-state index in [0.29, 0.717) is 11.9 Å². The minimum Gasteiger partial charge on any atom is -0.368 e. The number of nitrogens with zero attached hydrogens (tertiary/aromatic N) is 5. The molecule has 0 aromatic carbocycles. The highest BCUT2D eigenvalue weighted by Gasteiger charge is 2.20. The zero-order chi connectivity index (χ0) is 11.7.